The zero-order valence-corrected chi connectivity index (χ0v) is 22.0. The van der Waals surface area contributed by atoms with Gasteiger partial charge in [-0.25, -0.2) is 8.42 Å². The molecule has 198 valence electrons. The highest BCUT2D eigenvalue weighted by molar-refractivity contribution is 7.89. The molecule has 2 aromatic carbocycles. The Morgan fingerprint density at radius 2 is 1.74 bits per heavy atom. The summed E-state index contributed by atoms with van der Waals surface area (Å²) in [6.07, 6.45) is 4.18. The number of piperidine rings is 1. The average molecular weight is 537 g/mol. The van der Waals surface area contributed by atoms with Crippen LogP contribution >= 0.6 is 0 Å². The largest absolute Gasteiger partial charge is 0.476 e. The van der Waals surface area contributed by atoms with Crippen LogP contribution in [0, 0.1) is 13.8 Å². The summed E-state index contributed by atoms with van der Waals surface area (Å²) in [4.78, 5) is 26.2. The van der Waals surface area contributed by atoms with Crippen LogP contribution < -0.4 is 15.5 Å². The molecule has 0 unspecified atom stereocenters. The van der Waals surface area contributed by atoms with Crippen molar-refractivity contribution in [1.82, 2.24) is 4.31 Å². The van der Waals surface area contributed by atoms with Crippen LogP contribution in [-0.4, -0.2) is 38.3 Å². The fourth-order valence-corrected chi connectivity index (χ4v) is 5.95. The van der Waals surface area contributed by atoms with E-state index in [-0.39, 0.29) is 16.4 Å². The van der Waals surface area contributed by atoms with E-state index in [9.17, 15) is 18.0 Å². The summed E-state index contributed by atoms with van der Waals surface area (Å²) >= 11 is 0. The number of carbonyl (C=O) groups is 1. The molecule has 9 nitrogen and oxygen atoms in total. The van der Waals surface area contributed by atoms with Gasteiger partial charge in [0.05, 0.1) is 16.5 Å². The number of sulfonamides is 1. The van der Waals surface area contributed by atoms with Gasteiger partial charge in [-0.2, -0.15) is 4.31 Å². The first-order valence-electron chi connectivity index (χ1n) is 12.4. The van der Waals surface area contributed by atoms with Crippen LogP contribution in [-0.2, 0) is 14.8 Å². The van der Waals surface area contributed by atoms with Gasteiger partial charge < -0.3 is 18.9 Å². The number of anilines is 1. The summed E-state index contributed by atoms with van der Waals surface area (Å²) < 4.78 is 44.3. The summed E-state index contributed by atoms with van der Waals surface area (Å²) in [7, 11) is -3.57. The molecular weight excluding hydrogens is 508 g/mol. The number of nitrogens with zero attached hydrogens (tertiary/aromatic N) is 1. The number of amides is 1. The van der Waals surface area contributed by atoms with E-state index in [0.717, 1.165) is 30.4 Å². The van der Waals surface area contributed by atoms with Crippen molar-refractivity contribution in [2.24, 2.45) is 0 Å². The molecule has 0 atom stereocenters. The molecule has 1 N–H and O–H groups in total. The molecule has 10 heteroatoms. The van der Waals surface area contributed by atoms with Crippen LogP contribution in [0.25, 0.3) is 22.5 Å². The van der Waals surface area contributed by atoms with Gasteiger partial charge in [0.2, 0.25) is 27.0 Å². The maximum atomic E-state index is 13.3. The summed E-state index contributed by atoms with van der Waals surface area (Å²) in [5.41, 5.74) is 2.26. The average Bonchev–Trinajstić information content (AvgIpc) is 3.45. The predicted molar refractivity (Wildman–Crippen MR) is 143 cm³/mol. The Labute approximate surface area is 220 Å². The molecule has 0 aliphatic carbocycles. The molecular formula is C28H28N2O7S. The van der Waals surface area contributed by atoms with Gasteiger partial charge in [-0.05, 0) is 86.3 Å². The number of hydrogen-bond donors (Lipinski definition) is 1. The van der Waals surface area contributed by atoms with E-state index < -0.39 is 28.0 Å². The number of furan rings is 1. The normalized spacial score (nSPS) is 14.5. The van der Waals surface area contributed by atoms with E-state index >= 15 is 0 Å². The number of benzene rings is 2. The van der Waals surface area contributed by atoms with Crippen LogP contribution in [0.15, 0.2) is 73.3 Å². The Morgan fingerprint density at radius 3 is 2.42 bits per heavy atom. The fourth-order valence-electron chi connectivity index (χ4n) is 4.43. The molecule has 0 radical (unpaired) electrons. The second kappa shape index (κ2) is 10.5. The summed E-state index contributed by atoms with van der Waals surface area (Å²) in [6, 6.07) is 12.8. The Morgan fingerprint density at radius 1 is 1.03 bits per heavy atom. The van der Waals surface area contributed by atoms with Gasteiger partial charge in [0.25, 0.3) is 5.91 Å². The lowest BCUT2D eigenvalue weighted by molar-refractivity contribution is -0.118. The number of aryl methyl sites for hydroxylation is 2. The minimum absolute atomic E-state index is 0.0934. The molecule has 1 amide bonds. The van der Waals surface area contributed by atoms with Crippen molar-refractivity contribution in [3.8, 4) is 17.3 Å². The van der Waals surface area contributed by atoms with Gasteiger partial charge in [0.15, 0.2) is 12.4 Å². The number of carbonyl (C=O) groups excluding carboxylic acids is 1. The molecule has 0 bridgehead atoms. The summed E-state index contributed by atoms with van der Waals surface area (Å²) in [6.45, 7) is 4.38. The third-order valence-electron chi connectivity index (χ3n) is 6.65. The second-order valence-corrected chi connectivity index (χ2v) is 11.3. The van der Waals surface area contributed by atoms with Gasteiger partial charge in [0.1, 0.15) is 5.58 Å². The number of fused-ring (bicyclic) bond motifs is 1. The SMILES string of the molecule is Cc1cc2oc(-c3ccco3)c(OCC(=O)Nc3ccc(S(=O)(=O)N4CCCCC4)cc3)c(=O)c2cc1C. The van der Waals surface area contributed by atoms with E-state index in [1.165, 1.54) is 34.8 Å². The van der Waals surface area contributed by atoms with E-state index in [4.69, 9.17) is 13.6 Å². The number of ether oxygens (including phenoxy) is 1. The van der Waals surface area contributed by atoms with Crippen molar-refractivity contribution in [3.05, 3.63) is 76.1 Å². The smallest absolute Gasteiger partial charge is 0.262 e. The van der Waals surface area contributed by atoms with E-state index in [1.54, 1.807) is 24.3 Å². The number of nitrogens with one attached hydrogen (secondary N) is 1. The lowest BCUT2D eigenvalue weighted by Gasteiger charge is -2.25. The van der Waals surface area contributed by atoms with Gasteiger partial charge >= 0.3 is 0 Å². The molecule has 1 fully saturated rings. The maximum Gasteiger partial charge on any atom is 0.262 e. The third kappa shape index (κ3) is 5.09. The molecule has 1 aliphatic rings. The zero-order valence-electron chi connectivity index (χ0n) is 21.2. The minimum Gasteiger partial charge on any atom is -0.476 e. The second-order valence-electron chi connectivity index (χ2n) is 9.33. The molecule has 1 saturated heterocycles. The van der Waals surface area contributed by atoms with E-state index in [1.807, 2.05) is 13.8 Å². The first kappa shape index (κ1) is 25.7. The molecule has 0 saturated carbocycles. The standard InChI is InChI=1S/C28H28N2O7S/c1-18-15-22-24(16-19(18)2)37-27(23-7-6-14-35-23)28(26(22)32)36-17-25(31)29-20-8-10-21(11-9-20)38(33,34)30-12-4-3-5-13-30/h6-11,14-16H,3-5,12-13,17H2,1-2H3,(H,29,31). The van der Waals surface area contributed by atoms with Crippen molar-refractivity contribution in [2.45, 2.75) is 38.0 Å². The van der Waals surface area contributed by atoms with Crippen LogP contribution in [0.3, 0.4) is 0 Å². The van der Waals surface area contributed by atoms with Crippen molar-refractivity contribution in [1.29, 1.82) is 0 Å². The number of rotatable bonds is 7. The van der Waals surface area contributed by atoms with Crippen molar-refractivity contribution in [3.63, 3.8) is 0 Å². The lowest BCUT2D eigenvalue weighted by Crippen LogP contribution is -2.35. The van der Waals surface area contributed by atoms with Crippen LogP contribution in [0.1, 0.15) is 30.4 Å². The quantitative estimate of drug-likeness (QED) is 0.358. The van der Waals surface area contributed by atoms with Crippen LogP contribution in [0.2, 0.25) is 0 Å². The Bertz CT molecular complexity index is 1630. The number of hydrogen-bond acceptors (Lipinski definition) is 7. The highest BCUT2D eigenvalue weighted by Gasteiger charge is 2.26. The van der Waals surface area contributed by atoms with Crippen molar-refractivity contribution < 1.29 is 26.8 Å². The molecule has 38 heavy (non-hydrogen) atoms. The fraction of sp³-hybridized carbons (Fsp3) is 0.286. The Kier molecular flexibility index (Phi) is 7.09. The third-order valence-corrected chi connectivity index (χ3v) is 8.56. The highest BCUT2D eigenvalue weighted by Crippen LogP contribution is 2.32. The molecule has 2 aromatic heterocycles. The zero-order chi connectivity index (χ0) is 26.9. The highest BCUT2D eigenvalue weighted by atomic mass is 32.2. The van der Waals surface area contributed by atoms with Gasteiger partial charge in [-0.3, -0.25) is 9.59 Å². The summed E-state index contributed by atoms with van der Waals surface area (Å²) in [5, 5.41) is 3.01. The minimum atomic E-state index is -3.57. The monoisotopic (exact) mass is 536 g/mol. The van der Waals surface area contributed by atoms with Crippen LogP contribution in [0.4, 0.5) is 5.69 Å². The summed E-state index contributed by atoms with van der Waals surface area (Å²) in [5.74, 6) is -0.269. The lowest BCUT2D eigenvalue weighted by atomic mass is 10.1. The topological polar surface area (TPSA) is 119 Å². The molecule has 1 aliphatic heterocycles. The van der Waals surface area contributed by atoms with Crippen molar-refractivity contribution in [2.75, 3.05) is 25.0 Å². The first-order valence-corrected chi connectivity index (χ1v) is 13.8. The Balaban J connectivity index is 1.33. The predicted octanol–water partition coefficient (Wildman–Crippen LogP) is 4.86. The Hall–Kier alpha value is -3.89. The molecule has 4 aromatic rings. The van der Waals surface area contributed by atoms with E-state index in [0.29, 0.717) is 35.5 Å². The molecule has 3 heterocycles. The van der Waals surface area contributed by atoms with E-state index in [2.05, 4.69) is 5.32 Å². The van der Waals surface area contributed by atoms with Gasteiger partial charge in [-0.15, -0.1) is 0 Å². The van der Waals surface area contributed by atoms with Crippen LogP contribution in [0.5, 0.6) is 5.75 Å². The molecule has 5 rings (SSSR count). The van der Waals surface area contributed by atoms with Crippen molar-refractivity contribution >= 4 is 32.6 Å². The van der Waals surface area contributed by atoms with Gasteiger partial charge in [0, 0.05) is 18.8 Å². The van der Waals surface area contributed by atoms with Gasteiger partial charge in [-0.1, -0.05) is 6.42 Å². The molecule has 0 spiro atoms. The first-order chi connectivity index (χ1) is 18.2. The maximum absolute atomic E-state index is 13.3.